The zero-order valence-electron chi connectivity index (χ0n) is 16.6. The number of carboxylic acids is 2. The molecular formula is C23H27NO6. The summed E-state index contributed by atoms with van der Waals surface area (Å²) in [6.45, 7) is 6.53. The van der Waals surface area contributed by atoms with Crippen LogP contribution < -0.4 is 0 Å². The second-order valence-electron chi connectivity index (χ2n) is 6.41. The van der Waals surface area contributed by atoms with Gasteiger partial charge in [0.05, 0.1) is 0 Å². The van der Waals surface area contributed by atoms with E-state index in [-0.39, 0.29) is 11.5 Å². The van der Waals surface area contributed by atoms with E-state index in [4.69, 9.17) is 10.2 Å². The predicted octanol–water partition coefficient (Wildman–Crippen LogP) is 3.08. The highest BCUT2D eigenvalue weighted by molar-refractivity contribution is 5.89. The number of carbonyl (C=O) groups is 2. The van der Waals surface area contributed by atoms with Crippen molar-refractivity contribution in [1.29, 1.82) is 0 Å². The summed E-state index contributed by atoms with van der Waals surface area (Å²) in [4.78, 5) is 21.4. The number of carboxylic acid groups (broad SMARTS) is 2. The first kappa shape index (κ1) is 24.5. The maximum atomic E-state index is 9.55. The second kappa shape index (κ2) is 13.6. The van der Waals surface area contributed by atoms with E-state index >= 15 is 0 Å². The molecule has 7 nitrogen and oxygen atoms in total. The largest absolute Gasteiger partial charge is 0.504 e. The van der Waals surface area contributed by atoms with Crippen molar-refractivity contribution in [2.45, 2.75) is 12.8 Å². The van der Waals surface area contributed by atoms with Gasteiger partial charge in [0, 0.05) is 31.8 Å². The number of aromatic hydroxyl groups is 2. The van der Waals surface area contributed by atoms with Gasteiger partial charge in [0.15, 0.2) is 11.5 Å². The molecule has 0 aliphatic heterocycles. The molecule has 0 aromatic heterocycles. The van der Waals surface area contributed by atoms with Crippen molar-refractivity contribution in [3.63, 3.8) is 0 Å². The van der Waals surface area contributed by atoms with Gasteiger partial charge in [-0.2, -0.15) is 0 Å². The summed E-state index contributed by atoms with van der Waals surface area (Å²) in [7, 11) is 0. The normalized spacial score (nSPS) is 10.4. The number of rotatable bonds is 10. The van der Waals surface area contributed by atoms with Gasteiger partial charge in [-0.15, -0.1) is 6.58 Å². The average Bonchev–Trinajstić information content (AvgIpc) is 2.72. The highest BCUT2D eigenvalue weighted by Gasteiger charge is 2.06. The maximum absolute atomic E-state index is 9.55. The van der Waals surface area contributed by atoms with Crippen LogP contribution in [-0.4, -0.2) is 56.9 Å². The van der Waals surface area contributed by atoms with Crippen molar-refractivity contribution in [2.75, 3.05) is 19.6 Å². The third-order valence-electron chi connectivity index (χ3n) is 4.07. The van der Waals surface area contributed by atoms with Crippen LogP contribution in [0.4, 0.5) is 0 Å². The van der Waals surface area contributed by atoms with Crippen LogP contribution in [0.1, 0.15) is 11.1 Å². The van der Waals surface area contributed by atoms with Gasteiger partial charge in [-0.25, -0.2) is 9.59 Å². The molecule has 0 atom stereocenters. The monoisotopic (exact) mass is 413 g/mol. The highest BCUT2D eigenvalue weighted by Crippen LogP contribution is 2.25. The molecule has 2 rings (SSSR count). The van der Waals surface area contributed by atoms with E-state index in [0.29, 0.717) is 12.2 Å². The first-order valence-corrected chi connectivity index (χ1v) is 9.33. The lowest BCUT2D eigenvalue weighted by Gasteiger charge is -2.20. The average molecular weight is 413 g/mol. The lowest BCUT2D eigenvalue weighted by atomic mass is 10.1. The zero-order valence-corrected chi connectivity index (χ0v) is 16.6. The summed E-state index contributed by atoms with van der Waals surface area (Å²) >= 11 is 0. The summed E-state index contributed by atoms with van der Waals surface area (Å²) in [6, 6.07) is 15.4. The summed E-state index contributed by atoms with van der Waals surface area (Å²) in [5.74, 6) is -2.65. The van der Waals surface area contributed by atoms with Gasteiger partial charge >= 0.3 is 11.9 Å². The van der Waals surface area contributed by atoms with E-state index < -0.39 is 11.9 Å². The van der Waals surface area contributed by atoms with Crippen LogP contribution in [0.2, 0.25) is 0 Å². The van der Waals surface area contributed by atoms with Crippen LogP contribution in [0, 0.1) is 0 Å². The van der Waals surface area contributed by atoms with Crippen LogP contribution in [0.5, 0.6) is 11.5 Å². The fourth-order valence-electron chi connectivity index (χ4n) is 2.56. The predicted molar refractivity (Wildman–Crippen MR) is 115 cm³/mol. The van der Waals surface area contributed by atoms with E-state index in [1.165, 1.54) is 11.6 Å². The Morgan fingerprint density at radius 1 is 0.833 bits per heavy atom. The fraction of sp³-hybridized carbons (Fsp3) is 0.217. The Bertz CT molecular complexity index is 832. The first-order valence-electron chi connectivity index (χ1n) is 9.33. The van der Waals surface area contributed by atoms with Crippen LogP contribution >= 0.6 is 0 Å². The van der Waals surface area contributed by atoms with Crippen molar-refractivity contribution in [3.8, 4) is 11.5 Å². The molecular weight excluding hydrogens is 386 g/mol. The van der Waals surface area contributed by atoms with Crippen LogP contribution in [-0.2, 0) is 22.4 Å². The maximum Gasteiger partial charge on any atom is 0.328 e. The van der Waals surface area contributed by atoms with Crippen LogP contribution in [0.25, 0.3) is 0 Å². The lowest BCUT2D eigenvalue weighted by Crippen LogP contribution is -2.28. The first-order chi connectivity index (χ1) is 14.3. The minimum Gasteiger partial charge on any atom is -0.504 e. The molecule has 30 heavy (non-hydrogen) atoms. The molecule has 0 saturated carbocycles. The number of phenols is 2. The Morgan fingerprint density at radius 2 is 1.40 bits per heavy atom. The zero-order chi connectivity index (χ0) is 22.4. The topological polar surface area (TPSA) is 118 Å². The van der Waals surface area contributed by atoms with Gasteiger partial charge in [-0.05, 0) is 36.1 Å². The van der Waals surface area contributed by atoms with Gasteiger partial charge in [-0.1, -0.05) is 42.5 Å². The molecule has 0 unspecified atom stereocenters. The van der Waals surface area contributed by atoms with Crippen LogP contribution in [0.15, 0.2) is 73.3 Å². The summed E-state index contributed by atoms with van der Waals surface area (Å²) in [6.07, 6.45) is 4.87. The number of hydrogen-bond acceptors (Lipinski definition) is 5. The van der Waals surface area contributed by atoms with Crippen molar-refractivity contribution >= 4 is 11.9 Å². The minimum absolute atomic E-state index is 0.0583. The molecule has 0 aliphatic rings. The lowest BCUT2D eigenvalue weighted by molar-refractivity contribution is -0.134. The molecule has 0 saturated heterocycles. The number of aliphatic carboxylic acids is 2. The number of benzene rings is 2. The third kappa shape index (κ3) is 10.7. The number of hydrogen-bond donors (Lipinski definition) is 4. The molecule has 0 radical (unpaired) electrons. The molecule has 160 valence electrons. The Balaban J connectivity index is 0.000000479. The Kier molecular flexibility index (Phi) is 11.1. The molecule has 0 bridgehead atoms. The Morgan fingerprint density at radius 3 is 1.90 bits per heavy atom. The van der Waals surface area contributed by atoms with E-state index in [2.05, 4.69) is 35.7 Å². The Labute approximate surface area is 175 Å². The summed E-state index contributed by atoms with van der Waals surface area (Å²) < 4.78 is 0. The molecule has 2 aromatic carbocycles. The molecule has 0 heterocycles. The summed E-state index contributed by atoms with van der Waals surface area (Å²) in [5, 5.41) is 34.5. The van der Waals surface area contributed by atoms with Crippen molar-refractivity contribution in [1.82, 2.24) is 4.90 Å². The number of nitrogens with zero attached hydrogens (tertiary/aromatic N) is 1. The molecule has 0 spiro atoms. The standard InChI is InChI=1S/C19H23NO2.C4H4O4/c1-2-12-20(13-10-16-6-4-3-5-7-16)14-11-17-8-9-18(21)19(22)15-17;5-3(6)1-2-4(7)8/h2-9,15,21-22H,1,10-14H2;1-2H,(H,5,6)(H,7,8). The van der Waals surface area contributed by atoms with Gasteiger partial charge in [0.1, 0.15) is 0 Å². The van der Waals surface area contributed by atoms with Crippen molar-refractivity contribution in [2.24, 2.45) is 0 Å². The quantitative estimate of drug-likeness (QED) is 0.268. The minimum atomic E-state index is -1.26. The van der Waals surface area contributed by atoms with Crippen LogP contribution in [0.3, 0.4) is 0 Å². The molecule has 2 aromatic rings. The van der Waals surface area contributed by atoms with Gasteiger partial charge in [0.2, 0.25) is 0 Å². The molecule has 0 aliphatic carbocycles. The molecule has 4 N–H and O–H groups in total. The number of phenolic OH excluding ortho intramolecular Hbond substituents is 2. The fourth-order valence-corrected chi connectivity index (χ4v) is 2.56. The molecule has 7 heteroatoms. The van der Waals surface area contributed by atoms with E-state index in [0.717, 1.165) is 38.0 Å². The highest BCUT2D eigenvalue weighted by atomic mass is 16.4. The summed E-state index contributed by atoms with van der Waals surface area (Å²) in [5.41, 5.74) is 2.35. The van der Waals surface area contributed by atoms with E-state index in [9.17, 15) is 19.8 Å². The smallest absolute Gasteiger partial charge is 0.328 e. The van der Waals surface area contributed by atoms with E-state index in [1.54, 1.807) is 6.07 Å². The second-order valence-corrected chi connectivity index (χ2v) is 6.41. The van der Waals surface area contributed by atoms with Crippen molar-refractivity contribution < 1.29 is 30.0 Å². The van der Waals surface area contributed by atoms with Crippen molar-refractivity contribution in [3.05, 3.63) is 84.5 Å². The molecule has 0 fully saturated rings. The van der Waals surface area contributed by atoms with Gasteiger partial charge in [0.25, 0.3) is 0 Å². The Hall–Kier alpha value is -3.58. The van der Waals surface area contributed by atoms with Gasteiger partial charge in [-0.3, -0.25) is 4.90 Å². The van der Waals surface area contributed by atoms with Gasteiger partial charge < -0.3 is 20.4 Å². The third-order valence-corrected chi connectivity index (χ3v) is 4.07. The van der Waals surface area contributed by atoms with E-state index in [1.807, 2.05) is 18.2 Å². The SMILES string of the molecule is C=CCN(CCc1ccccc1)CCc1ccc(O)c(O)c1.O=C(O)C=CC(=O)O. The molecule has 0 amide bonds.